The number of carbonyl (C=O) groups excluding carboxylic acids is 1. The van der Waals surface area contributed by atoms with Crippen molar-refractivity contribution >= 4 is 51.8 Å². The summed E-state index contributed by atoms with van der Waals surface area (Å²) >= 11 is 18.6. The molecule has 0 fully saturated rings. The normalized spacial score (nSPS) is 11.2. The lowest BCUT2D eigenvalue weighted by Crippen LogP contribution is -2.22. The molecule has 2 aromatic heterocycles. The number of halogens is 3. The molecule has 10 heteroatoms. The van der Waals surface area contributed by atoms with E-state index in [9.17, 15) is 4.79 Å². The first kappa shape index (κ1) is 21.5. The van der Waals surface area contributed by atoms with Gasteiger partial charge in [0.1, 0.15) is 11.0 Å². The molecule has 0 unspecified atom stereocenters. The van der Waals surface area contributed by atoms with Crippen molar-refractivity contribution in [3.8, 4) is 16.9 Å². The maximum absolute atomic E-state index is 13.1. The molecule has 0 saturated heterocycles. The Balaban J connectivity index is 1.63. The Morgan fingerprint density at radius 1 is 0.939 bits per heavy atom. The van der Waals surface area contributed by atoms with E-state index in [0.29, 0.717) is 43.0 Å². The van der Waals surface area contributed by atoms with Gasteiger partial charge in [-0.15, -0.1) is 5.10 Å². The Labute approximate surface area is 203 Å². The summed E-state index contributed by atoms with van der Waals surface area (Å²) < 4.78 is 1.59. The van der Waals surface area contributed by atoms with E-state index in [1.807, 2.05) is 18.2 Å². The van der Waals surface area contributed by atoms with Crippen LogP contribution in [-0.4, -0.2) is 30.9 Å². The van der Waals surface area contributed by atoms with Crippen molar-refractivity contribution in [2.45, 2.75) is 6.92 Å². The monoisotopic (exact) mass is 497 g/mol. The van der Waals surface area contributed by atoms with Crippen LogP contribution in [0.5, 0.6) is 0 Å². The molecule has 0 saturated carbocycles. The van der Waals surface area contributed by atoms with Gasteiger partial charge in [-0.2, -0.15) is 5.10 Å². The molecule has 0 atom stereocenters. The number of fused-ring (bicyclic) bond motifs is 1. The van der Waals surface area contributed by atoms with Crippen molar-refractivity contribution in [2.24, 2.45) is 0 Å². The number of aromatic nitrogens is 5. The summed E-state index contributed by atoms with van der Waals surface area (Å²) in [6.07, 6.45) is 0. The minimum atomic E-state index is -0.692. The SMILES string of the molecule is Cc1c(C(=O)On2nnc3ccccc32)nn(-c2ccc(Cl)cc2Cl)c1-c1ccc(Cl)cc1. The molecule has 0 aliphatic rings. The van der Waals surface area contributed by atoms with E-state index in [2.05, 4.69) is 15.4 Å². The quantitative estimate of drug-likeness (QED) is 0.292. The average molecular weight is 499 g/mol. The average Bonchev–Trinajstić information content (AvgIpc) is 3.36. The molecule has 0 amide bonds. The molecule has 0 radical (unpaired) electrons. The minimum absolute atomic E-state index is 0.102. The summed E-state index contributed by atoms with van der Waals surface area (Å²) in [6.45, 7) is 1.79. The van der Waals surface area contributed by atoms with Crippen molar-refractivity contribution in [3.05, 3.63) is 93.1 Å². The number of benzene rings is 3. The molecule has 0 bridgehead atoms. The third-order valence-electron chi connectivity index (χ3n) is 5.06. The van der Waals surface area contributed by atoms with E-state index in [4.69, 9.17) is 39.6 Å². The molecule has 0 spiro atoms. The van der Waals surface area contributed by atoms with Crippen LogP contribution in [0.4, 0.5) is 0 Å². The molecular weight excluding hydrogens is 485 g/mol. The fourth-order valence-corrected chi connectivity index (χ4v) is 4.12. The minimum Gasteiger partial charge on any atom is -0.310 e. The maximum atomic E-state index is 13.1. The van der Waals surface area contributed by atoms with E-state index in [1.165, 1.54) is 0 Å². The van der Waals surface area contributed by atoms with E-state index in [-0.39, 0.29) is 5.69 Å². The van der Waals surface area contributed by atoms with E-state index >= 15 is 0 Å². The van der Waals surface area contributed by atoms with Crippen molar-refractivity contribution in [1.82, 2.24) is 24.9 Å². The van der Waals surface area contributed by atoms with E-state index in [0.717, 1.165) is 10.4 Å². The zero-order chi connectivity index (χ0) is 23.1. The largest absolute Gasteiger partial charge is 0.386 e. The van der Waals surface area contributed by atoms with Crippen molar-refractivity contribution < 1.29 is 9.63 Å². The van der Waals surface area contributed by atoms with Gasteiger partial charge in [-0.1, -0.05) is 63.9 Å². The highest BCUT2D eigenvalue weighted by molar-refractivity contribution is 6.35. The molecule has 5 rings (SSSR count). The molecule has 0 aliphatic carbocycles. The molecule has 0 aliphatic heterocycles. The smallest absolute Gasteiger partial charge is 0.310 e. The van der Waals surface area contributed by atoms with E-state index < -0.39 is 5.97 Å². The second-order valence-electron chi connectivity index (χ2n) is 7.17. The Morgan fingerprint density at radius 3 is 2.42 bits per heavy atom. The maximum Gasteiger partial charge on any atom is 0.386 e. The summed E-state index contributed by atoms with van der Waals surface area (Å²) in [5.41, 5.74) is 3.86. The summed E-state index contributed by atoms with van der Waals surface area (Å²) in [7, 11) is 0. The highest BCUT2D eigenvalue weighted by Gasteiger charge is 2.25. The van der Waals surface area contributed by atoms with Gasteiger partial charge in [0.2, 0.25) is 0 Å². The molecule has 33 heavy (non-hydrogen) atoms. The second kappa shape index (κ2) is 8.51. The van der Waals surface area contributed by atoms with Crippen LogP contribution in [0.3, 0.4) is 0 Å². The fourth-order valence-electron chi connectivity index (χ4n) is 3.50. The number of rotatable bonds is 4. The number of hydrogen-bond donors (Lipinski definition) is 0. The summed E-state index contributed by atoms with van der Waals surface area (Å²) in [4.78, 5) is 19.7. The van der Waals surface area contributed by atoms with Gasteiger partial charge in [0.05, 0.1) is 16.4 Å². The van der Waals surface area contributed by atoms with Crippen LogP contribution in [0.15, 0.2) is 66.7 Å². The lowest BCUT2D eigenvalue weighted by Gasteiger charge is -2.11. The van der Waals surface area contributed by atoms with Gasteiger partial charge in [0, 0.05) is 21.2 Å². The van der Waals surface area contributed by atoms with Crippen LogP contribution in [0.25, 0.3) is 28.0 Å². The van der Waals surface area contributed by atoms with Crippen LogP contribution in [0.1, 0.15) is 16.1 Å². The summed E-state index contributed by atoms with van der Waals surface area (Å²) in [5, 5.41) is 13.9. The number of carbonyl (C=O) groups is 1. The van der Waals surface area contributed by atoms with Crippen LogP contribution in [-0.2, 0) is 0 Å². The van der Waals surface area contributed by atoms with Crippen molar-refractivity contribution in [3.63, 3.8) is 0 Å². The van der Waals surface area contributed by atoms with Gasteiger partial charge >= 0.3 is 5.97 Å². The van der Waals surface area contributed by atoms with Gasteiger partial charge in [-0.25, -0.2) is 9.48 Å². The highest BCUT2D eigenvalue weighted by Crippen LogP contribution is 2.33. The lowest BCUT2D eigenvalue weighted by atomic mass is 10.1. The summed E-state index contributed by atoms with van der Waals surface area (Å²) in [5.74, 6) is -0.692. The van der Waals surface area contributed by atoms with Gasteiger partial charge in [0.15, 0.2) is 5.69 Å². The molecule has 3 aromatic carbocycles. The first-order chi connectivity index (χ1) is 15.9. The number of hydrogen-bond acceptors (Lipinski definition) is 5. The van der Waals surface area contributed by atoms with E-state index in [1.54, 1.807) is 60.1 Å². The Bertz CT molecular complexity index is 1510. The number of nitrogens with zero attached hydrogens (tertiary/aromatic N) is 5. The zero-order valence-corrected chi connectivity index (χ0v) is 19.3. The third-order valence-corrected chi connectivity index (χ3v) is 5.85. The molecule has 2 heterocycles. The molecule has 0 N–H and O–H groups in total. The topological polar surface area (TPSA) is 74.8 Å². The highest BCUT2D eigenvalue weighted by atomic mass is 35.5. The van der Waals surface area contributed by atoms with Crippen LogP contribution in [0.2, 0.25) is 15.1 Å². The lowest BCUT2D eigenvalue weighted by molar-refractivity contribution is 0.0400. The standard InChI is InChI=1S/C23H14Cl3N5O2/c1-13-21(23(32)33-31-20-5-3-2-4-18(20)27-29-31)28-30(19-11-10-16(25)12-17(19)26)22(13)14-6-8-15(24)9-7-14/h2-12H,1H3. The second-order valence-corrected chi connectivity index (χ2v) is 8.45. The zero-order valence-electron chi connectivity index (χ0n) is 17.0. The van der Waals surface area contributed by atoms with Crippen LogP contribution in [0, 0.1) is 6.92 Å². The molecule has 7 nitrogen and oxygen atoms in total. The number of para-hydroxylation sites is 1. The molecule has 164 valence electrons. The van der Waals surface area contributed by atoms with Gasteiger partial charge in [-0.3, -0.25) is 0 Å². The third kappa shape index (κ3) is 3.95. The Kier molecular flexibility index (Phi) is 5.54. The first-order valence-corrected chi connectivity index (χ1v) is 10.9. The van der Waals surface area contributed by atoms with Crippen LogP contribution < -0.4 is 4.84 Å². The fraction of sp³-hybridized carbons (Fsp3) is 0.0435. The van der Waals surface area contributed by atoms with Crippen molar-refractivity contribution in [1.29, 1.82) is 0 Å². The van der Waals surface area contributed by atoms with Gasteiger partial charge in [-0.05, 0) is 54.6 Å². The van der Waals surface area contributed by atoms with Gasteiger partial charge < -0.3 is 4.84 Å². The predicted molar refractivity (Wildman–Crippen MR) is 127 cm³/mol. The van der Waals surface area contributed by atoms with Gasteiger partial charge in [0.25, 0.3) is 0 Å². The molecule has 5 aromatic rings. The van der Waals surface area contributed by atoms with Crippen molar-refractivity contribution in [2.75, 3.05) is 0 Å². The summed E-state index contributed by atoms with van der Waals surface area (Å²) in [6, 6.07) is 19.4. The van der Waals surface area contributed by atoms with Crippen LogP contribution >= 0.6 is 34.8 Å². The predicted octanol–water partition coefficient (Wildman–Crippen LogP) is 5.82. The Hall–Kier alpha value is -3.39. The Morgan fingerprint density at radius 2 is 1.67 bits per heavy atom. The first-order valence-electron chi connectivity index (χ1n) is 9.76. The molecular formula is C23H14Cl3N5O2.